The Labute approximate surface area is 334 Å². The van der Waals surface area contributed by atoms with Crippen LogP contribution in [0, 0.1) is 20.8 Å². The van der Waals surface area contributed by atoms with Crippen molar-refractivity contribution in [3.05, 3.63) is 90.5 Å². The fourth-order valence-corrected chi connectivity index (χ4v) is 5.80. The minimum atomic E-state index is -0.700. The van der Waals surface area contributed by atoms with Crippen LogP contribution in [-0.4, -0.2) is 89.0 Å². The Morgan fingerprint density at radius 3 is 1.46 bits per heavy atom. The molecule has 0 saturated carbocycles. The van der Waals surface area contributed by atoms with Gasteiger partial charge in [0.15, 0.2) is 29.7 Å². The van der Waals surface area contributed by atoms with E-state index in [2.05, 4.69) is 27.0 Å². The molecular weight excluding hydrogens is 730 g/mol. The maximum Gasteiger partial charge on any atom is 0.330 e. The van der Waals surface area contributed by atoms with Gasteiger partial charge in [-0.15, -0.1) is 0 Å². The molecule has 4 rings (SSSR count). The van der Waals surface area contributed by atoms with E-state index in [0.29, 0.717) is 30.5 Å². The molecule has 2 N–H and O–H groups in total. The number of benzene rings is 3. The molecule has 0 amide bonds. The third-order valence-corrected chi connectivity index (χ3v) is 8.62. The Balaban J connectivity index is 1.64. The summed E-state index contributed by atoms with van der Waals surface area (Å²) in [6, 6.07) is 13.4. The molecular formula is C44H53N3O10. The normalized spacial score (nSPS) is 12.0. The van der Waals surface area contributed by atoms with Crippen LogP contribution in [-0.2, 0) is 28.5 Å². The van der Waals surface area contributed by atoms with E-state index < -0.39 is 24.1 Å². The number of aromatic hydroxyl groups is 2. The molecule has 1 heterocycles. The molecule has 0 radical (unpaired) electrons. The number of nitrogens with zero attached hydrogens (tertiary/aromatic N) is 3. The number of aryl methyl sites for hydroxylation is 3. The Morgan fingerprint density at radius 1 is 0.649 bits per heavy atom. The van der Waals surface area contributed by atoms with Crippen molar-refractivity contribution in [3.8, 4) is 57.2 Å². The van der Waals surface area contributed by atoms with Crippen LogP contribution in [0.4, 0.5) is 0 Å². The highest BCUT2D eigenvalue weighted by molar-refractivity contribution is 5.81. The van der Waals surface area contributed by atoms with Gasteiger partial charge in [-0.2, -0.15) is 0 Å². The van der Waals surface area contributed by atoms with Gasteiger partial charge >= 0.3 is 11.9 Å². The molecule has 2 atom stereocenters. The van der Waals surface area contributed by atoms with Gasteiger partial charge in [0.2, 0.25) is 0 Å². The third-order valence-electron chi connectivity index (χ3n) is 8.62. The molecule has 0 spiro atoms. The van der Waals surface area contributed by atoms with Crippen LogP contribution in [0.3, 0.4) is 0 Å². The summed E-state index contributed by atoms with van der Waals surface area (Å²) in [4.78, 5) is 38.1. The summed E-state index contributed by atoms with van der Waals surface area (Å²) in [5.74, 6) is -0.288. The van der Waals surface area contributed by atoms with Gasteiger partial charge in [0.25, 0.3) is 0 Å². The van der Waals surface area contributed by atoms with Gasteiger partial charge < -0.3 is 38.6 Å². The van der Waals surface area contributed by atoms with Crippen LogP contribution in [0.1, 0.15) is 56.2 Å². The smallest absolute Gasteiger partial charge is 0.330 e. The Morgan fingerprint density at radius 2 is 1.07 bits per heavy atom. The molecule has 0 aliphatic rings. The summed E-state index contributed by atoms with van der Waals surface area (Å²) < 4.78 is 33.9. The highest BCUT2D eigenvalue weighted by atomic mass is 16.6. The van der Waals surface area contributed by atoms with E-state index in [4.69, 9.17) is 43.4 Å². The number of hydrogen-bond donors (Lipinski definition) is 2. The maximum absolute atomic E-state index is 11.9. The van der Waals surface area contributed by atoms with E-state index in [-0.39, 0.29) is 60.7 Å². The van der Waals surface area contributed by atoms with Gasteiger partial charge in [-0.3, -0.25) is 0 Å². The minimum absolute atomic E-state index is 0.0249. The Kier molecular flexibility index (Phi) is 17.0. The largest absolute Gasteiger partial charge is 0.507 e. The fourth-order valence-electron chi connectivity index (χ4n) is 5.80. The molecule has 0 aliphatic heterocycles. The zero-order valence-electron chi connectivity index (χ0n) is 33.4. The van der Waals surface area contributed by atoms with Crippen LogP contribution in [0.15, 0.2) is 73.8 Å². The van der Waals surface area contributed by atoms with Crippen molar-refractivity contribution in [2.45, 2.75) is 72.5 Å². The highest BCUT2D eigenvalue weighted by Crippen LogP contribution is 2.37. The van der Waals surface area contributed by atoms with Crippen LogP contribution in [0.2, 0.25) is 0 Å². The van der Waals surface area contributed by atoms with Crippen molar-refractivity contribution in [2.75, 3.05) is 39.6 Å². The third kappa shape index (κ3) is 13.1. The predicted octanol–water partition coefficient (Wildman–Crippen LogP) is 7.80. The lowest BCUT2D eigenvalue weighted by molar-refractivity contribution is -0.148. The van der Waals surface area contributed by atoms with Crippen molar-refractivity contribution in [1.29, 1.82) is 0 Å². The quantitative estimate of drug-likeness (QED) is 0.0425. The first-order chi connectivity index (χ1) is 27.5. The number of hydrogen-bond acceptors (Lipinski definition) is 13. The summed E-state index contributed by atoms with van der Waals surface area (Å²) in [5.41, 5.74) is 4.31. The van der Waals surface area contributed by atoms with Crippen molar-refractivity contribution in [2.24, 2.45) is 0 Å². The fraction of sp³-hybridized carbons (Fsp3) is 0.386. The Hall–Kier alpha value is -5.79. The van der Waals surface area contributed by atoms with Crippen molar-refractivity contribution in [1.82, 2.24) is 15.0 Å². The lowest BCUT2D eigenvalue weighted by Crippen LogP contribution is -2.29. The van der Waals surface area contributed by atoms with Gasteiger partial charge in [0.05, 0.1) is 24.3 Å². The van der Waals surface area contributed by atoms with E-state index in [9.17, 15) is 19.8 Å². The molecule has 304 valence electrons. The van der Waals surface area contributed by atoms with E-state index in [0.717, 1.165) is 60.1 Å². The zero-order chi connectivity index (χ0) is 41.3. The van der Waals surface area contributed by atoms with E-state index in [1.807, 2.05) is 32.9 Å². The number of esters is 2. The minimum Gasteiger partial charge on any atom is -0.507 e. The molecule has 4 aromatic rings. The first kappa shape index (κ1) is 43.9. The second-order valence-corrected chi connectivity index (χ2v) is 13.4. The lowest BCUT2D eigenvalue weighted by atomic mass is 9.99. The maximum atomic E-state index is 11.9. The van der Waals surface area contributed by atoms with Crippen molar-refractivity contribution in [3.63, 3.8) is 0 Å². The van der Waals surface area contributed by atoms with Crippen LogP contribution in [0.5, 0.6) is 23.0 Å². The lowest BCUT2D eigenvalue weighted by Gasteiger charge is -2.18. The number of ether oxygens (including phenoxy) is 6. The number of carbonyl (C=O) groups is 2. The number of phenols is 2. The number of carbonyl (C=O) groups excluding carboxylic acids is 2. The van der Waals surface area contributed by atoms with Crippen molar-refractivity contribution < 1.29 is 48.2 Å². The molecule has 3 aromatic carbocycles. The molecule has 0 bridgehead atoms. The highest BCUT2D eigenvalue weighted by Gasteiger charge is 2.21. The number of aromatic nitrogens is 3. The molecule has 0 saturated heterocycles. The molecule has 0 fully saturated rings. The van der Waals surface area contributed by atoms with Crippen LogP contribution in [0.25, 0.3) is 34.2 Å². The summed E-state index contributed by atoms with van der Waals surface area (Å²) in [7, 11) is 0. The second kappa shape index (κ2) is 22.1. The van der Waals surface area contributed by atoms with Gasteiger partial charge in [0, 0.05) is 43.1 Å². The summed E-state index contributed by atoms with van der Waals surface area (Å²) >= 11 is 0. The molecule has 2 unspecified atom stereocenters. The van der Waals surface area contributed by atoms with Gasteiger partial charge in [-0.05, 0) is 69.0 Å². The first-order valence-electron chi connectivity index (χ1n) is 19.0. The Bertz CT molecular complexity index is 1870. The van der Waals surface area contributed by atoms with Gasteiger partial charge in [-0.25, -0.2) is 24.5 Å². The topological polar surface area (TPSA) is 169 Å². The average Bonchev–Trinajstić information content (AvgIpc) is 3.18. The molecule has 13 nitrogen and oxygen atoms in total. The van der Waals surface area contributed by atoms with E-state index in [1.165, 1.54) is 12.1 Å². The monoisotopic (exact) mass is 783 g/mol. The zero-order valence-corrected chi connectivity index (χ0v) is 33.4. The van der Waals surface area contributed by atoms with Crippen molar-refractivity contribution >= 4 is 11.9 Å². The number of rotatable bonds is 23. The number of unbranched alkanes of at least 4 members (excludes halogenated alkanes) is 2. The second-order valence-electron chi connectivity index (χ2n) is 13.4. The van der Waals surface area contributed by atoms with Crippen LogP contribution < -0.4 is 9.47 Å². The number of phenolic OH excluding ortho intramolecular Hbond substituents is 2. The molecule has 0 aliphatic carbocycles. The van der Waals surface area contributed by atoms with E-state index in [1.54, 1.807) is 24.3 Å². The predicted molar refractivity (Wildman–Crippen MR) is 216 cm³/mol. The van der Waals surface area contributed by atoms with Gasteiger partial charge in [-0.1, -0.05) is 57.5 Å². The summed E-state index contributed by atoms with van der Waals surface area (Å²) in [5, 5.41) is 22.6. The SMILES string of the molecule is C=CC(=O)OC(COCCCC)COc1ccc(-c2nc(-c3ccc(OCC(COCCCC)OC(=O)C=C)cc3O)nc(-c3c(C)cc(C)cc3C)n2)c(O)c1. The van der Waals surface area contributed by atoms with Gasteiger partial charge in [0.1, 0.15) is 36.2 Å². The molecule has 1 aromatic heterocycles. The average molecular weight is 784 g/mol. The standard InChI is InChI=1S/C44H53N3O10/c1-8-12-18-52-24-33(56-39(50)10-3)26-54-31-14-16-35(37(48)22-31)42-45-43(47-44(46-42)41-29(6)20-28(5)21-30(41)7)36-17-15-32(23-38(36)49)55-27-34(57-40(51)11-4)25-53-19-13-9-2/h10-11,14-17,20-23,33-34,48-49H,3-4,8-9,12-13,18-19,24-27H2,1-2,5-7H3. The molecule has 57 heavy (non-hydrogen) atoms. The molecule has 13 heteroatoms. The first-order valence-corrected chi connectivity index (χ1v) is 19.0. The van der Waals surface area contributed by atoms with E-state index >= 15 is 0 Å². The summed E-state index contributed by atoms with van der Waals surface area (Å²) in [6.07, 6.45) is 4.41. The summed E-state index contributed by atoms with van der Waals surface area (Å²) in [6.45, 7) is 18.2. The van der Waals surface area contributed by atoms with Crippen LogP contribution >= 0.6 is 0 Å².